The Kier molecular flexibility index (Phi) is 55.5. The molecule has 1 aliphatic rings. The minimum Gasteiger partial charge on any atom is -0.454 e. The van der Waals surface area contributed by atoms with Crippen molar-refractivity contribution in [3.8, 4) is 0 Å². The Morgan fingerprint density at radius 2 is 0.867 bits per heavy atom. The molecule has 11 nitrogen and oxygen atoms in total. The molecule has 480 valence electrons. The number of carbonyl (C=O) groups excluding carboxylic acids is 2. The standard InChI is InChI=1S/C72H127NO10/c1-4-7-10-13-16-19-22-25-27-29-30-31-32-33-34-35-36-37-39-42-45-48-51-54-57-60-67(77)83-70-69(79)68(78)66(61-74)82-72(70)81-62-63(64(75)58-55-52-49-46-43-40-24-21-18-15-12-9-6-3)73-71(80)65(76)59-56-53-50-47-44-41-38-28-26-23-20-17-14-11-8-5-2/h8,11,14,17,20,23,26,28,38,41,44,47,55,58,63-66,68-70,72,74-76,78-79H,4-7,9-10,12-13,15-16,18-19,21-22,24-25,27,29-37,39-40,42-43,45-46,48-54,56-57,59-62H2,1-3H3,(H,73,80)/b11-8-,17-14+,23-20+,28-26-,41-38+,47-44+,58-55+. The van der Waals surface area contributed by atoms with Crippen LogP contribution in [-0.2, 0) is 23.8 Å². The van der Waals surface area contributed by atoms with Crippen LogP contribution in [0.4, 0.5) is 0 Å². The van der Waals surface area contributed by atoms with Gasteiger partial charge in [0.15, 0.2) is 12.4 Å². The number of carbonyl (C=O) groups is 2. The zero-order valence-electron chi connectivity index (χ0n) is 53.3. The number of amides is 1. The molecule has 1 saturated heterocycles. The summed E-state index contributed by atoms with van der Waals surface area (Å²) in [6.45, 7) is 5.65. The second-order valence-electron chi connectivity index (χ2n) is 23.7. The van der Waals surface area contributed by atoms with Gasteiger partial charge in [0.1, 0.15) is 24.4 Å². The smallest absolute Gasteiger partial charge is 0.306 e. The van der Waals surface area contributed by atoms with Gasteiger partial charge in [-0.05, 0) is 44.9 Å². The number of nitrogens with one attached hydrogen (secondary N) is 1. The highest BCUT2D eigenvalue weighted by Gasteiger charge is 2.47. The summed E-state index contributed by atoms with van der Waals surface area (Å²) in [6.07, 6.45) is 67.8. The number of allylic oxidation sites excluding steroid dienone is 13. The molecular weight excluding hydrogens is 1040 g/mol. The van der Waals surface area contributed by atoms with Crippen molar-refractivity contribution in [2.45, 2.75) is 346 Å². The van der Waals surface area contributed by atoms with E-state index in [1.807, 2.05) is 72.9 Å². The summed E-state index contributed by atoms with van der Waals surface area (Å²) in [6, 6.07) is -1.05. The van der Waals surface area contributed by atoms with Crippen LogP contribution in [0.25, 0.3) is 0 Å². The molecule has 0 aromatic rings. The van der Waals surface area contributed by atoms with Crippen LogP contribution in [0.3, 0.4) is 0 Å². The molecule has 8 unspecified atom stereocenters. The van der Waals surface area contributed by atoms with E-state index in [0.717, 1.165) is 64.2 Å². The number of aliphatic hydroxyl groups excluding tert-OH is 5. The molecular formula is C72H127NO10. The molecule has 1 amide bonds. The topological polar surface area (TPSA) is 175 Å². The Morgan fingerprint density at radius 1 is 0.482 bits per heavy atom. The van der Waals surface area contributed by atoms with E-state index in [0.29, 0.717) is 12.8 Å². The average molecular weight is 1170 g/mol. The van der Waals surface area contributed by atoms with Gasteiger partial charge in [0.25, 0.3) is 0 Å². The van der Waals surface area contributed by atoms with E-state index in [2.05, 4.69) is 32.2 Å². The van der Waals surface area contributed by atoms with E-state index in [-0.39, 0.29) is 19.4 Å². The van der Waals surface area contributed by atoms with Crippen LogP contribution in [-0.4, -0.2) is 99.6 Å². The predicted octanol–water partition coefficient (Wildman–Crippen LogP) is 17.3. The van der Waals surface area contributed by atoms with Crippen LogP contribution >= 0.6 is 0 Å². The first-order chi connectivity index (χ1) is 40.7. The van der Waals surface area contributed by atoms with E-state index in [9.17, 15) is 35.1 Å². The SMILES string of the molecule is CC\C=C/C=C/C=C/C=C\C=C\C=C\CCCCC(O)C(=O)NC(COC1OC(CO)C(O)C(O)C1OC(=O)CCCCCCCCCCCCCCCCCCCCCCCCCCC)C(O)/C=C/CCCCCCCCCCCCC. The van der Waals surface area contributed by atoms with Crippen molar-refractivity contribution in [2.75, 3.05) is 13.2 Å². The molecule has 6 N–H and O–H groups in total. The van der Waals surface area contributed by atoms with Crippen LogP contribution in [0, 0.1) is 0 Å². The highest BCUT2D eigenvalue weighted by atomic mass is 16.7. The summed E-state index contributed by atoms with van der Waals surface area (Å²) in [4.78, 5) is 26.6. The highest BCUT2D eigenvalue weighted by Crippen LogP contribution is 2.26. The maximum absolute atomic E-state index is 13.4. The van der Waals surface area contributed by atoms with Crippen LogP contribution < -0.4 is 5.32 Å². The van der Waals surface area contributed by atoms with Gasteiger partial charge in [0, 0.05) is 6.42 Å². The normalized spacial score (nSPS) is 19.1. The molecule has 11 heteroatoms. The van der Waals surface area contributed by atoms with Crippen LogP contribution in [0.1, 0.15) is 297 Å². The molecule has 1 rings (SSSR count). The van der Waals surface area contributed by atoms with Crippen LogP contribution in [0.2, 0.25) is 0 Å². The van der Waals surface area contributed by atoms with E-state index in [1.165, 1.54) is 186 Å². The fraction of sp³-hybridized carbons (Fsp3) is 0.778. The summed E-state index contributed by atoms with van der Waals surface area (Å²) >= 11 is 0. The Balaban J connectivity index is 2.60. The average Bonchev–Trinajstić information content (AvgIpc) is 3.67. The summed E-state index contributed by atoms with van der Waals surface area (Å²) in [5.74, 6) is -1.24. The van der Waals surface area contributed by atoms with Crippen molar-refractivity contribution in [3.63, 3.8) is 0 Å². The van der Waals surface area contributed by atoms with Crippen molar-refractivity contribution >= 4 is 11.9 Å². The fourth-order valence-corrected chi connectivity index (χ4v) is 10.6. The van der Waals surface area contributed by atoms with Crippen molar-refractivity contribution in [1.29, 1.82) is 0 Å². The first-order valence-corrected chi connectivity index (χ1v) is 34.4. The molecule has 0 radical (unpaired) electrons. The molecule has 0 aromatic heterocycles. The van der Waals surface area contributed by atoms with E-state index >= 15 is 0 Å². The number of hydrogen-bond acceptors (Lipinski definition) is 10. The summed E-state index contributed by atoms with van der Waals surface area (Å²) in [5.41, 5.74) is 0. The highest BCUT2D eigenvalue weighted by molar-refractivity contribution is 5.80. The lowest BCUT2D eigenvalue weighted by atomic mass is 9.99. The van der Waals surface area contributed by atoms with Gasteiger partial charge >= 0.3 is 5.97 Å². The minimum absolute atomic E-state index is 0.118. The molecule has 0 aromatic carbocycles. The van der Waals surface area contributed by atoms with E-state index in [4.69, 9.17) is 14.2 Å². The summed E-state index contributed by atoms with van der Waals surface area (Å²) in [7, 11) is 0. The summed E-state index contributed by atoms with van der Waals surface area (Å²) < 4.78 is 17.7. The monoisotopic (exact) mass is 1170 g/mol. The van der Waals surface area contributed by atoms with Crippen LogP contribution in [0.5, 0.6) is 0 Å². The number of unbranched alkanes of at least 4 members (excludes halogenated alkanes) is 37. The predicted molar refractivity (Wildman–Crippen MR) is 347 cm³/mol. The lowest BCUT2D eigenvalue weighted by Gasteiger charge is -2.41. The first kappa shape index (κ1) is 77.9. The number of rotatable bonds is 58. The van der Waals surface area contributed by atoms with Crippen molar-refractivity contribution in [2.24, 2.45) is 0 Å². The molecule has 0 aliphatic carbocycles. The molecule has 0 bridgehead atoms. The fourth-order valence-electron chi connectivity index (χ4n) is 10.6. The van der Waals surface area contributed by atoms with Gasteiger partial charge in [0.05, 0.1) is 25.4 Å². The van der Waals surface area contributed by atoms with Crippen molar-refractivity contribution < 1.29 is 49.3 Å². The van der Waals surface area contributed by atoms with Gasteiger partial charge in [-0.25, -0.2) is 0 Å². The molecule has 83 heavy (non-hydrogen) atoms. The van der Waals surface area contributed by atoms with E-state index < -0.39 is 67.4 Å². The lowest BCUT2D eigenvalue weighted by Crippen LogP contribution is -2.61. The maximum Gasteiger partial charge on any atom is 0.306 e. The first-order valence-electron chi connectivity index (χ1n) is 34.4. The lowest BCUT2D eigenvalue weighted by molar-refractivity contribution is -0.305. The Bertz CT molecular complexity index is 1670. The molecule has 8 atom stereocenters. The Hall–Kier alpha value is -3.16. The zero-order chi connectivity index (χ0) is 60.3. The third-order valence-electron chi connectivity index (χ3n) is 16.0. The molecule has 1 fully saturated rings. The largest absolute Gasteiger partial charge is 0.454 e. The molecule has 1 heterocycles. The zero-order valence-corrected chi connectivity index (χ0v) is 53.3. The van der Waals surface area contributed by atoms with Gasteiger partial charge in [-0.15, -0.1) is 0 Å². The van der Waals surface area contributed by atoms with Gasteiger partial charge in [-0.1, -0.05) is 331 Å². The Labute approximate surface area is 508 Å². The van der Waals surface area contributed by atoms with Gasteiger partial charge < -0.3 is 45.1 Å². The maximum atomic E-state index is 13.4. The molecule has 1 aliphatic heterocycles. The number of esters is 1. The van der Waals surface area contributed by atoms with Gasteiger partial charge in [-0.3, -0.25) is 9.59 Å². The molecule has 0 spiro atoms. The quantitative estimate of drug-likeness (QED) is 0.0149. The second-order valence-corrected chi connectivity index (χ2v) is 23.7. The van der Waals surface area contributed by atoms with Crippen LogP contribution in [0.15, 0.2) is 85.1 Å². The minimum atomic E-state index is -1.62. The van der Waals surface area contributed by atoms with Gasteiger partial charge in [-0.2, -0.15) is 0 Å². The second kappa shape index (κ2) is 59.2. The summed E-state index contributed by atoms with van der Waals surface area (Å²) in [5, 5.41) is 57.1. The number of hydrogen-bond donors (Lipinski definition) is 6. The van der Waals surface area contributed by atoms with Crippen molar-refractivity contribution in [3.05, 3.63) is 85.1 Å². The Morgan fingerprint density at radius 3 is 1.30 bits per heavy atom. The molecule has 0 saturated carbocycles. The third-order valence-corrected chi connectivity index (χ3v) is 16.0. The number of aliphatic hydroxyl groups is 5. The number of ether oxygens (including phenoxy) is 3. The van der Waals surface area contributed by atoms with Crippen molar-refractivity contribution in [1.82, 2.24) is 5.32 Å². The third kappa shape index (κ3) is 46.7. The van der Waals surface area contributed by atoms with E-state index in [1.54, 1.807) is 6.08 Å². The van der Waals surface area contributed by atoms with Gasteiger partial charge in [0.2, 0.25) is 5.91 Å².